The summed E-state index contributed by atoms with van der Waals surface area (Å²) in [5.74, 6) is -0.0555. The molecule has 1 aromatic rings. The molecular formula is C16H24N2O5S. The summed E-state index contributed by atoms with van der Waals surface area (Å²) >= 11 is 0. The Morgan fingerprint density at radius 1 is 1.29 bits per heavy atom. The van der Waals surface area contributed by atoms with Crippen molar-refractivity contribution in [2.24, 2.45) is 0 Å². The zero-order chi connectivity index (χ0) is 17.7. The van der Waals surface area contributed by atoms with Gasteiger partial charge in [-0.2, -0.15) is 0 Å². The van der Waals surface area contributed by atoms with Gasteiger partial charge in [-0.05, 0) is 25.0 Å². The van der Waals surface area contributed by atoms with E-state index in [2.05, 4.69) is 4.72 Å². The topological polar surface area (TPSA) is 95.9 Å². The monoisotopic (exact) mass is 356 g/mol. The van der Waals surface area contributed by atoms with Crippen molar-refractivity contribution in [3.8, 4) is 0 Å². The first-order valence-corrected chi connectivity index (χ1v) is 9.35. The average molecular weight is 356 g/mol. The van der Waals surface area contributed by atoms with Crippen LogP contribution in [0.4, 0.5) is 0 Å². The van der Waals surface area contributed by atoms with Gasteiger partial charge in [-0.1, -0.05) is 18.2 Å². The van der Waals surface area contributed by atoms with E-state index in [9.17, 15) is 18.3 Å². The quantitative estimate of drug-likeness (QED) is 0.767. The number of aliphatic hydroxyl groups is 1. The molecule has 0 aliphatic carbocycles. The number of sulfonamides is 1. The number of rotatable bonds is 6. The van der Waals surface area contributed by atoms with Crippen LogP contribution in [0.3, 0.4) is 0 Å². The van der Waals surface area contributed by atoms with Gasteiger partial charge in [0.2, 0.25) is 15.9 Å². The molecule has 1 fully saturated rings. The van der Waals surface area contributed by atoms with Gasteiger partial charge in [-0.3, -0.25) is 4.79 Å². The zero-order valence-electron chi connectivity index (χ0n) is 13.9. The molecule has 0 spiro atoms. The molecule has 0 saturated carbocycles. The summed E-state index contributed by atoms with van der Waals surface area (Å²) in [4.78, 5) is 13.4. The van der Waals surface area contributed by atoms with Crippen molar-refractivity contribution in [3.05, 3.63) is 30.3 Å². The van der Waals surface area contributed by atoms with Gasteiger partial charge < -0.3 is 14.7 Å². The first-order chi connectivity index (χ1) is 11.3. The number of hydrogen-bond donors (Lipinski definition) is 2. The molecule has 1 saturated heterocycles. The molecule has 8 heteroatoms. The highest BCUT2D eigenvalue weighted by molar-refractivity contribution is 7.89. The zero-order valence-corrected chi connectivity index (χ0v) is 14.7. The Balaban J connectivity index is 2.01. The third kappa shape index (κ3) is 4.76. The maximum atomic E-state index is 12.4. The Hall–Kier alpha value is -1.48. The molecule has 3 atom stereocenters. The highest BCUT2D eigenvalue weighted by Crippen LogP contribution is 2.23. The van der Waals surface area contributed by atoms with Crippen LogP contribution in [0.25, 0.3) is 0 Å². The smallest absolute Gasteiger partial charge is 0.240 e. The number of carbonyl (C=O) groups excluding carboxylic acids is 1. The van der Waals surface area contributed by atoms with Gasteiger partial charge in [-0.25, -0.2) is 13.1 Å². The van der Waals surface area contributed by atoms with Crippen molar-refractivity contribution >= 4 is 15.9 Å². The molecule has 134 valence electrons. The van der Waals surface area contributed by atoms with Gasteiger partial charge in [0.15, 0.2) is 0 Å². The van der Waals surface area contributed by atoms with Crippen LogP contribution in [0, 0.1) is 0 Å². The Morgan fingerprint density at radius 3 is 2.54 bits per heavy atom. The first kappa shape index (κ1) is 18.9. The number of nitrogens with one attached hydrogen (secondary N) is 1. The van der Waals surface area contributed by atoms with Gasteiger partial charge >= 0.3 is 0 Å². The molecule has 1 amide bonds. The van der Waals surface area contributed by atoms with Crippen LogP contribution in [0.5, 0.6) is 0 Å². The summed E-state index contributed by atoms with van der Waals surface area (Å²) in [5.41, 5.74) is 0. The van der Waals surface area contributed by atoms with E-state index in [1.54, 1.807) is 32.3 Å². The van der Waals surface area contributed by atoms with E-state index in [0.717, 1.165) is 0 Å². The lowest BCUT2D eigenvalue weighted by atomic mass is 9.98. The SMILES string of the molecule is CN(C)C(=O)C[C@H]1CC[C@H](NS(=O)(=O)c2ccccc2)[C@@H](CO)O1. The predicted octanol–water partition coefficient (Wildman–Crippen LogP) is 0.352. The minimum absolute atomic E-state index is 0.0555. The first-order valence-electron chi connectivity index (χ1n) is 7.87. The fourth-order valence-electron chi connectivity index (χ4n) is 2.66. The van der Waals surface area contributed by atoms with E-state index in [4.69, 9.17) is 4.74 Å². The van der Waals surface area contributed by atoms with Crippen LogP contribution in [0.1, 0.15) is 19.3 Å². The third-order valence-electron chi connectivity index (χ3n) is 4.06. The fourth-order valence-corrected chi connectivity index (χ4v) is 3.98. The Bertz CT molecular complexity index is 648. The van der Waals surface area contributed by atoms with E-state index in [1.165, 1.54) is 17.0 Å². The molecule has 24 heavy (non-hydrogen) atoms. The Kier molecular flexibility index (Phi) is 6.34. The fraction of sp³-hybridized carbons (Fsp3) is 0.562. The second kappa shape index (κ2) is 8.06. The average Bonchev–Trinajstić information content (AvgIpc) is 2.56. The second-order valence-corrected chi connectivity index (χ2v) is 7.80. The van der Waals surface area contributed by atoms with Crippen molar-refractivity contribution in [1.29, 1.82) is 0 Å². The lowest BCUT2D eigenvalue weighted by Crippen LogP contribution is -2.51. The van der Waals surface area contributed by atoms with Crippen molar-refractivity contribution in [2.45, 2.75) is 42.4 Å². The van der Waals surface area contributed by atoms with Crippen LogP contribution < -0.4 is 4.72 Å². The lowest BCUT2D eigenvalue weighted by Gasteiger charge is -2.36. The van der Waals surface area contributed by atoms with Crippen molar-refractivity contribution < 1.29 is 23.1 Å². The molecule has 2 rings (SSSR count). The maximum Gasteiger partial charge on any atom is 0.240 e. The molecule has 0 radical (unpaired) electrons. The van der Waals surface area contributed by atoms with Crippen LogP contribution in [-0.4, -0.2) is 63.3 Å². The number of nitrogens with zero attached hydrogens (tertiary/aromatic N) is 1. The van der Waals surface area contributed by atoms with Crippen LogP contribution in [0.15, 0.2) is 35.2 Å². The molecule has 0 unspecified atom stereocenters. The minimum atomic E-state index is -3.67. The van der Waals surface area contributed by atoms with E-state index >= 15 is 0 Å². The molecule has 0 aromatic heterocycles. The van der Waals surface area contributed by atoms with Crippen LogP contribution in [0.2, 0.25) is 0 Å². The Morgan fingerprint density at radius 2 is 1.96 bits per heavy atom. The van der Waals surface area contributed by atoms with E-state index in [0.29, 0.717) is 12.8 Å². The molecule has 1 heterocycles. The molecule has 1 aliphatic rings. The lowest BCUT2D eigenvalue weighted by molar-refractivity contribution is -0.137. The van der Waals surface area contributed by atoms with Gasteiger partial charge in [0.25, 0.3) is 0 Å². The predicted molar refractivity (Wildman–Crippen MR) is 88.8 cm³/mol. The summed E-state index contributed by atoms with van der Waals surface area (Å²) < 4.78 is 33.1. The maximum absolute atomic E-state index is 12.4. The molecular weight excluding hydrogens is 332 g/mol. The highest BCUT2D eigenvalue weighted by Gasteiger charge is 2.34. The van der Waals surface area contributed by atoms with E-state index < -0.39 is 22.2 Å². The van der Waals surface area contributed by atoms with Gasteiger partial charge in [0.1, 0.15) is 0 Å². The molecule has 2 N–H and O–H groups in total. The van der Waals surface area contributed by atoms with Crippen LogP contribution in [-0.2, 0) is 19.6 Å². The van der Waals surface area contributed by atoms with E-state index in [1.807, 2.05) is 0 Å². The van der Waals surface area contributed by atoms with Crippen molar-refractivity contribution in [2.75, 3.05) is 20.7 Å². The normalized spacial score (nSPS) is 24.5. The number of aliphatic hydroxyl groups excluding tert-OH is 1. The number of ether oxygens (including phenoxy) is 1. The summed E-state index contributed by atoms with van der Waals surface area (Å²) in [6.07, 6.45) is 0.300. The summed E-state index contributed by atoms with van der Waals surface area (Å²) in [5, 5.41) is 9.53. The van der Waals surface area contributed by atoms with Crippen LogP contribution >= 0.6 is 0 Å². The van der Waals surface area contributed by atoms with Gasteiger partial charge in [0.05, 0.1) is 36.2 Å². The number of carbonyl (C=O) groups is 1. The van der Waals surface area contributed by atoms with Crippen molar-refractivity contribution in [3.63, 3.8) is 0 Å². The largest absolute Gasteiger partial charge is 0.394 e. The third-order valence-corrected chi connectivity index (χ3v) is 5.56. The number of amides is 1. The van der Waals surface area contributed by atoms with Gasteiger partial charge in [0, 0.05) is 14.1 Å². The Labute approximate surface area is 142 Å². The summed E-state index contributed by atoms with van der Waals surface area (Å²) in [7, 11) is -0.329. The number of hydrogen-bond acceptors (Lipinski definition) is 5. The standard InChI is InChI=1S/C16H24N2O5S/c1-18(2)16(20)10-12-8-9-14(15(11-19)23-12)17-24(21,22)13-6-4-3-5-7-13/h3-7,12,14-15,17,19H,8-11H2,1-2H3/t12-,14+,15-/m1/s1. The molecule has 1 aliphatic heterocycles. The highest BCUT2D eigenvalue weighted by atomic mass is 32.2. The summed E-state index contributed by atoms with van der Waals surface area (Å²) in [6, 6.07) is 7.55. The molecule has 1 aromatic carbocycles. The summed E-state index contributed by atoms with van der Waals surface area (Å²) in [6.45, 7) is -0.311. The van der Waals surface area contributed by atoms with Gasteiger partial charge in [-0.15, -0.1) is 0 Å². The molecule has 0 bridgehead atoms. The van der Waals surface area contributed by atoms with Crippen molar-refractivity contribution in [1.82, 2.24) is 9.62 Å². The second-order valence-electron chi connectivity index (χ2n) is 6.09. The van der Waals surface area contributed by atoms with E-state index in [-0.39, 0.29) is 29.9 Å². The minimum Gasteiger partial charge on any atom is -0.394 e. The molecule has 7 nitrogen and oxygen atoms in total. The number of benzene rings is 1.